The molecule has 5 rings (SSSR count). The molecule has 2 heterocycles. The Bertz CT molecular complexity index is 1320. The Morgan fingerprint density at radius 3 is 2.47 bits per heavy atom. The number of carbonyl (C=O) groups is 2. The topological polar surface area (TPSA) is 105 Å². The molecule has 0 bridgehead atoms. The van der Waals surface area contributed by atoms with Crippen LogP contribution in [0, 0.1) is 10.1 Å². The number of nitrogens with zero attached hydrogens (tertiary/aromatic N) is 2. The van der Waals surface area contributed by atoms with Crippen molar-refractivity contribution in [2.45, 2.75) is 19.4 Å². The van der Waals surface area contributed by atoms with Gasteiger partial charge in [-0.1, -0.05) is 42.5 Å². The van der Waals surface area contributed by atoms with Crippen LogP contribution in [0.2, 0.25) is 0 Å². The third-order valence-electron chi connectivity index (χ3n) is 6.04. The van der Waals surface area contributed by atoms with Gasteiger partial charge in [0.2, 0.25) is 5.91 Å². The fourth-order valence-corrected chi connectivity index (χ4v) is 4.33. The molecule has 3 aromatic rings. The highest BCUT2D eigenvalue weighted by Crippen LogP contribution is 2.39. The maximum Gasteiger partial charge on any atom is 0.270 e. The van der Waals surface area contributed by atoms with Gasteiger partial charge >= 0.3 is 0 Å². The van der Waals surface area contributed by atoms with Crippen LogP contribution < -0.4 is 10.6 Å². The average molecular weight is 454 g/mol. The predicted molar refractivity (Wildman–Crippen MR) is 130 cm³/mol. The van der Waals surface area contributed by atoms with Crippen LogP contribution >= 0.6 is 0 Å². The number of non-ortho nitro benzene ring substituents is 1. The van der Waals surface area contributed by atoms with Gasteiger partial charge in [-0.3, -0.25) is 19.7 Å². The molecule has 0 aromatic heterocycles. The summed E-state index contributed by atoms with van der Waals surface area (Å²) >= 11 is 0. The number of carbonyl (C=O) groups excluding carboxylic acids is 2. The van der Waals surface area contributed by atoms with E-state index in [0.29, 0.717) is 35.5 Å². The molecular weight excluding hydrogens is 432 g/mol. The van der Waals surface area contributed by atoms with E-state index in [0.717, 1.165) is 29.8 Å². The summed E-state index contributed by atoms with van der Waals surface area (Å²) in [5.41, 5.74) is 4.39. The van der Waals surface area contributed by atoms with E-state index in [2.05, 4.69) is 10.6 Å². The van der Waals surface area contributed by atoms with E-state index in [1.165, 1.54) is 12.1 Å². The van der Waals surface area contributed by atoms with Crippen molar-refractivity contribution in [1.29, 1.82) is 0 Å². The van der Waals surface area contributed by atoms with Crippen molar-refractivity contribution in [3.05, 3.63) is 99.6 Å². The molecule has 34 heavy (non-hydrogen) atoms. The molecule has 2 aliphatic heterocycles. The number of likely N-dealkylation sites (tertiary alicyclic amines) is 1. The van der Waals surface area contributed by atoms with Crippen molar-refractivity contribution >= 4 is 40.1 Å². The summed E-state index contributed by atoms with van der Waals surface area (Å²) in [4.78, 5) is 37.6. The summed E-state index contributed by atoms with van der Waals surface area (Å²) in [5, 5.41) is 17.5. The van der Waals surface area contributed by atoms with E-state index in [4.69, 9.17) is 0 Å². The lowest BCUT2D eigenvalue weighted by molar-refractivity contribution is -0.384. The number of hydrogen-bond acceptors (Lipinski definition) is 5. The summed E-state index contributed by atoms with van der Waals surface area (Å²) < 4.78 is 0. The third-order valence-corrected chi connectivity index (χ3v) is 6.04. The van der Waals surface area contributed by atoms with Crippen molar-refractivity contribution < 1.29 is 14.5 Å². The second-order valence-electron chi connectivity index (χ2n) is 8.30. The first kappa shape index (κ1) is 21.4. The second-order valence-corrected chi connectivity index (χ2v) is 8.30. The Labute approximate surface area is 196 Å². The minimum atomic E-state index is -0.472. The number of nitro benzene ring substituents is 1. The molecule has 0 radical (unpaired) electrons. The normalized spacial score (nSPS) is 16.3. The fraction of sp³-hybridized carbons (Fsp3) is 0.154. The Hall–Kier alpha value is -4.46. The Morgan fingerprint density at radius 2 is 1.79 bits per heavy atom. The van der Waals surface area contributed by atoms with Gasteiger partial charge in [0.05, 0.1) is 16.2 Å². The van der Waals surface area contributed by atoms with Crippen LogP contribution in [0.5, 0.6) is 0 Å². The van der Waals surface area contributed by atoms with Crippen molar-refractivity contribution in [1.82, 2.24) is 4.90 Å². The number of rotatable bonds is 6. The van der Waals surface area contributed by atoms with Crippen LogP contribution in [-0.4, -0.2) is 28.2 Å². The van der Waals surface area contributed by atoms with Crippen LogP contribution in [-0.2, 0) is 16.1 Å². The van der Waals surface area contributed by atoms with E-state index >= 15 is 0 Å². The molecule has 0 spiro atoms. The smallest absolute Gasteiger partial charge is 0.270 e. The number of nitrogens with one attached hydrogen (secondary N) is 2. The van der Waals surface area contributed by atoms with Crippen molar-refractivity contribution in [2.75, 3.05) is 17.2 Å². The molecule has 170 valence electrons. The summed E-state index contributed by atoms with van der Waals surface area (Å²) in [7, 11) is 0. The highest BCUT2D eigenvalue weighted by molar-refractivity contribution is 6.37. The molecular formula is C26H22N4O4. The van der Waals surface area contributed by atoms with Gasteiger partial charge in [-0.2, -0.15) is 0 Å². The van der Waals surface area contributed by atoms with E-state index in [9.17, 15) is 19.7 Å². The second kappa shape index (κ2) is 8.82. The van der Waals surface area contributed by atoms with E-state index in [-0.39, 0.29) is 17.5 Å². The zero-order valence-electron chi connectivity index (χ0n) is 18.3. The highest BCUT2D eigenvalue weighted by atomic mass is 16.6. The largest absolute Gasteiger partial charge is 0.354 e. The zero-order valence-corrected chi connectivity index (χ0v) is 18.3. The quantitative estimate of drug-likeness (QED) is 0.321. The van der Waals surface area contributed by atoms with Crippen molar-refractivity contribution in [2.24, 2.45) is 0 Å². The lowest BCUT2D eigenvalue weighted by atomic mass is 9.99. The SMILES string of the molecule is O=C1Nc2ccc([N+](=O)[O-])cc2/C1=C(/Nc1ccc(CN2CCCC2=O)cc1)c1ccccc1. The molecule has 1 fully saturated rings. The minimum absolute atomic E-state index is 0.0824. The number of hydrogen-bond donors (Lipinski definition) is 2. The van der Waals surface area contributed by atoms with E-state index < -0.39 is 4.92 Å². The summed E-state index contributed by atoms with van der Waals surface area (Å²) in [6.07, 6.45) is 1.50. The average Bonchev–Trinajstić information content (AvgIpc) is 3.40. The van der Waals surface area contributed by atoms with Gasteiger partial charge in [-0.15, -0.1) is 0 Å². The van der Waals surface area contributed by atoms with Crippen LogP contribution in [0.25, 0.3) is 11.3 Å². The number of nitro groups is 1. The van der Waals surface area contributed by atoms with Gasteiger partial charge in [-0.25, -0.2) is 0 Å². The molecule has 8 heteroatoms. The molecule has 3 aromatic carbocycles. The fourth-order valence-electron chi connectivity index (χ4n) is 4.33. The summed E-state index contributed by atoms with van der Waals surface area (Å²) in [6, 6.07) is 21.4. The lowest BCUT2D eigenvalue weighted by Crippen LogP contribution is -2.23. The Kier molecular flexibility index (Phi) is 5.55. The first-order chi connectivity index (χ1) is 16.5. The van der Waals surface area contributed by atoms with Crippen LogP contribution in [0.3, 0.4) is 0 Å². The number of fused-ring (bicyclic) bond motifs is 1. The van der Waals surface area contributed by atoms with Gasteiger partial charge in [-0.05, 0) is 35.7 Å². The highest BCUT2D eigenvalue weighted by Gasteiger charge is 2.30. The Balaban J connectivity index is 1.52. The van der Waals surface area contributed by atoms with Crippen molar-refractivity contribution in [3.63, 3.8) is 0 Å². The number of amides is 2. The van der Waals surface area contributed by atoms with Crippen LogP contribution in [0.4, 0.5) is 17.1 Å². The standard InChI is InChI=1S/C26H22N4O4/c31-23-7-4-14-29(23)16-17-8-10-19(11-9-17)27-25(18-5-2-1-3-6-18)24-21-15-20(30(33)34)12-13-22(21)28-26(24)32/h1-3,5-6,8-13,15,27H,4,7,14,16H2,(H,28,32)/b25-24-. The Morgan fingerprint density at radius 1 is 1.03 bits per heavy atom. The van der Waals surface area contributed by atoms with Gasteiger partial charge < -0.3 is 15.5 Å². The third kappa shape index (κ3) is 4.13. The minimum Gasteiger partial charge on any atom is -0.354 e. The monoisotopic (exact) mass is 454 g/mol. The van der Waals surface area contributed by atoms with E-state index in [1.807, 2.05) is 59.5 Å². The molecule has 0 aliphatic carbocycles. The maximum absolute atomic E-state index is 13.0. The van der Waals surface area contributed by atoms with Gasteiger partial charge in [0.15, 0.2) is 0 Å². The molecule has 2 amide bonds. The van der Waals surface area contributed by atoms with Crippen LogP contribution in [0.15, 0.2) is 72.8 Å². The number of benzene rings is 3. The van der Waals surface area contributed by atoms with Gasteiger partial charge in [0, 0.05) is 48.6 Å². The lowest BCUT2D eigenvalue weighted by Gasteiger charge is -2.17. The maximum atomic E-state index is 13.0. The first-order valence-electron chi connectivity index (χ1n) is 11.0. The molecule has 0 unspecified atom stereocenters. The molecule has 2 aliphatic rings. The zero-order chi connectivity index (χ0) is 23.7. The molecule has 2 N–H and O–H groups in total. The molecule has 8 nitrogen and oxygen atoms in total. The van der Waals surface area contributed by atoms with Crippen molar-refractivity contribution in [3.8, 4) is 0 Å². The summed E-state index contributed by atoms with van der Waals surface area (Å²) in [6.45, 7) is 1.36. The molecule has 0 saturated carbocycles. The number of anilines is 2. The van der Waals surface area contributed by atoms with E-state index in [1.54, 1.807) is 6.07 Å². The van der Waals surface area contributed by atoms with Crippen LogP contribution in [0.1, 0.15) is 29.5 Å². The van der Waals surface area contributed by atoms with Gasteiger partial charge in [0.1, 0.15) is 0 Å². The van der Waals surface area contributed by atoms with Gasteiger partial charge in [0.25, 0.3) is 11.6 Å². The molecule has 0 atom stereocenters. The first-order valence-corrected chi connectivity index (χ1v) is 11.0. The predicted octanol–water partition coefficient (Wildman–Crippen LogP) is 4.65. The molecule has 1 saturated heterocycles. The summed E-state index contributed by atoms with van der Waals surface area (Å²) in [5.74, 6) is -0.149.